The highest BCUT2D eigenvalue weighted by atomic mass is 19.3. The molecule has 15 heavy (non-hydrogen) atoms. The Morgan fingerprint density at radius 2 is 2.47 bits per heavy atom. The summed E-state index contributed by atoms with van der Waals surface area (Å²) in [5, 5.41) is 0. The van der Waals surface area contributed by atoms with Gasteiger partial charge in [-0.15, -0.1) is 0 Å². The molecule has 1 aromatic rings. The van der Waals surface area contributed by atoms with Crippen molar-refractivity contribution in [2.45, 2.75) is 25.8 Å². The molecule has 0 spiro atoms. The minimum atomic E-state index is -2.56. The topological polar surface area (TPSA) is 31.9 Å². The fourth-order valence-corrected chi connectivity index (χ4v) is 1.87. The first-order valence-electron chi connectivity index (χ1n) is 5.15. The van der Waals surface area contributed by atoms with E-state index >= 15 is 0 Å². The lowest BCUT2D eigenvalue weighted by Gasteiger charge is -2.36. The van der Waals surface area contributed by atoms with Crippen LogP contribution in [0.2, 0.25) is 0 Å². The molecule has 0 unspecified atom stereocenters. The van der Waals surface area contributed by atoms with Gasteiger partial charge in [-0.3, -0.25) is 4.90 Å². The van der Waals surface area contributed by atoms with Crippen LogP contribution in [0.3, 0.4) is 0 Å². The van der Waals surface area contributed by atoms with Gasteiger partial charge in [-0.25, -0.2) is 13.8 Å². The van der Waals surface area contributed by atoms with Gasteiger partial charge in [-0.1, -0.05) is 6.92 Å². The molecule has 84 valence electrons. The van der Waals surface area contributed by atoms with Gasteiger partial charge in [0.15, 0.2) is 0 Å². The molecule has 1 aliphatic heterocycles. The highest BCUT2D eigenvalue weighted by Crippen LogP contribution is 2.32. The van der Waals surface area contributed by atoms with Crippen LogP contribution in [-0.4, -0.2) is 33.9 Å². The third kappa shape index (κ3) is 2.34. The lowest BCUT2D eigenvalue weighted by atomic mass is 9.95. The quantitative estimate of drug-likeness (QED) is 0.817. The smallest absolute Gasteiger partial charge is 0.263 e. The van der Waals surface area contributed by atoms with Crippen molar-refractivity contribution in [1.29, 1.82) is 0 Å². The van der Waals surface area contributed by atoms with Crippen molar-refractivity contribution >= 4 is 0 Å². The summed E-state index contributed by atoms with van der Waals surface area (Å²) in [6.45, 7) is 2.73. The van der Waals surface area contributed by atoms with Crippen LogP contribution in [0.25, 0.3) is 0 Å². The fraction of sp³-hybridized carbons (Fsp3) is 0.700. The van der Waals surface area contributed by atoms with E-state index in [1.807, 2.05) is 0 Å². The first kappa shape index (κ1) is 10.5. The molecule has 0 aromatic carbocycles. The van der Waals surface area contributed by atoms with E-state index in [-0.39, 0.29) is 6.54 Å². The number of aromatic amines is 1. The highest BCUT2D eigenvalue weighted by Gasteiger charge is 2.41. The number of piperidine rings is 1. The van der Waals surface area contributed by atoms with Gasteiger partial charge in [-0.2, -0.15) is 0 Å². The number of rotatable bonds is 2. The first-order valence-corrected chi connectivity index (χ1v) is 5.15. The molecule has 2 heterocycles. The lowest BCUT2D eigenvalue weighted by Crippen LogP contribution is -2.47. The molecule has 1 saturated heterocycles. The molecule has 1 aromatic heterocycles. The van der Waals surface area contributed by atoms with Crippen LogP contribution >= 0.6 is 0 Å². The number of halogens is 2. The Morgan fingerprint density at radius 1 is 1.67 bits per heavy atom. The number of hydrogen-bond donors (Lipinski definition) is 1. The van der Waals surface area contributed by atoms with E-state index in [0.717, 1.165) is 12.2 Å². The van der Waals surface area contributed by atoms with Crippen LogP contribution in [0.1, 0.15) is 19.0 Å². The molecule has 0 radical (unpaired) electrons. The number of alkyl halides is 2. The molecular formula is C10H15F2N3. The molecule has 0 bridgehead atoms. The van der Waals surface area contributed by atoms with Gasteiger partial charge >= 0.3 is 0 Å². The Hall–Kier alpha value is -0.970. The van der Waals surface area contributed by atoms with Crippen molar-refractivity contribution in [3.05, 3.63) is 18.2 Å². The third-order valence-corrected chi connectivity index (χ3v) is 2.98. The van der Waals surface area contributed by atoms with Crippen LogP contribution < -0.4 is 0 Å². The molecule has 5 heteroatoms. The van der Waals surface area contributed by atoms with E-state index in [4.69, 9.17) is 0 Å². The standard InChI is InChI=1S/C10H15F2N3/c1-8-2-3-15(6-10(8,11)12)5-9-4-13-7-14-9/h4,7-8H,2-3,5-6H2,1H3,(H,13,14)/t8-/m0/s1. The van der Waals surface area contributed by atoms with Gasteiger partial charge in [0.1, 0.15) is 0 Å². The fourth-order valence-electron chi connectivity index (χ4n) is 1.87. The number of likely N-dealkylation sites (tertiary alicyclic amines) is 1. The van der Waals surface area contributed by atoms with Crippen molar-refractivity contribution in [2.24, 2.45) is 5.92 Å². The highest BCUT2D eigenvalue weighted by molar-refractivity contribution is 4.95. The number of nitrogens with one attached hydrogen (secondary N) is 1. The minimum absolute atomic E-state index is 0.146. The maximum atomic E-state index is 13.4. The van der Waals surface area contributed by atoms with Gasteiger partial charge in [0.05, 0.1) is 12.9 Å². The SMILES string of the molecule is C[C@H]1CCN(Cc2cnc[nH]2)CC1(F)F. The minimum Gasteiger partial charge on any atom is -0.347 e. The second kappa shape index (κ2) is 3.89. The Bertz CT molecular complexity index is 310. The number of hydrogen-bond acceptors (Lipinski definition) is 2. The molecular weight excluding hydrogens is 200 g/mol. The Balaban J connectivity index is 1.95. The van der Waals surface area contributed by atoms with Crippen molar-refractivity contribution in [1.82, 2.24) is 14.9 Å². The zero-order valence-corrected chi connectivity index (χ0v) is 8.71. The molecule has 1 N–H and O–H groups in total. The van der Waals surface area contributed by atoms with Gasteiger partial charge in [0, 0.05) is 24.4 Å². The van der Waals surface area contributed by atoms with Crippen LogP contribution in [-0.2, 0) is 6.54 Å². The van der Waals surface area contributed by atoms with Crippen molar-refractivity contribution in [2.75, 3.05) is 13.1 Å². The van der Waals surface area contributed by atoms with Crippen molar-refractivity contribution in [3.8, 4) is 0 Å². The third-order valence-electron chi connectivity index (χ3n) is 2.98. The van der Waals surface area contributed by atoms with Gasteiger partial charge in [0.25, 0.3) is 5.92 Å². The van der Waals surface area contributed by atoms with Gasteiger partial charge < -0.3 is 4.98 Å². The van der Waals surface area contributed by atoms with Crippen molar-refractivity contribution < 1.29 is 8.78 Å². The maximum Gasteiger partial charge on any atom is 0.263 e. The predicted molar refractivity (Wildman–Crippen MR) is 52.6 cm³/mol. The Morgan fingerprint density at radius 3 is 3.07 bits per heavy atom. The van der Waals surface area contributed by atoms with Crippen LogP contribution in [0, 0.1) is 5.92 Å². The normalized spacial score (nSPS) is 26.7. The number of H-pyrrole nitrogens is 1. The summed E-state index contributed by atoms with van der Waals surface area (Å²) >= 11 is 0. The van der Waals surface area contributed by atoms with E-state index < -0.39 is 11.8 Å². The van der Waals surface area contributed by atoms with Crippen LogP contribution in [0.4, 0.5) is 8.78 Å². The summed E-state index contributed by atoms with van der Waals surface area (Å²) < 4.78 is 26.8. The zero-order chi connectivity index (χ0) is 10.9. The van der Waals surface area contributed by atoms with Crippen LogP contribution in [0.5, 0.6) is 0 Å². The number of imidazole rings is 1. The van der Waals surface area contributed by atoms with E-state index in [1.165, 1.54) is 0 Å². The van der Waals surface area contributed by atoms with E-state index in [9.17, 15) is 8.78 Å². The molecule has 1 atom stereocenters. The zero-order valence-electron chi connectivity index (χ0n) is 8.71. The lowest BCUT2D eigenvalue weighted by molar-refractivity contribution is -0.106. The second-order valence-electron chi connectivity index (χ2n) is 4.24. The molecule has 1 fully saturated rings. The van der Waals surface area contributed by atoms with Crippen LogP contribution in [0.15, 0.2) is 12.5 Å². The number of nitrogens with zero attached hydrogens (tertiary/aromatic N) is 2. The summed E-state index contributed by atoms with van der Waals surface area (Å²) in [7, 11) is 0. The Kier molecular flexibility index (Phi) is 2.73. The summed E-state index contributed by atoms with van der Waals surface area (Å²) in [6.07, 6.45) is 3.80. The summed E-state index contributed by atoms with van der Waals surface area (Å²) in [5.74, 6) is -3.06. The second-order valence-corrected chi connectivity index (χ2v) is 4.24. The summed E-state index contributed by atoms with van der Waals surface area (Å²) in [4.78, 5) is 8.57. The van der Waals surface area contributed by atoms with E-state index in [2.05, 4.69) is 9.97 Å². The molecule has 2 rings (SSSR count). The van der Waals surface area contributed by atoms with Crippen molar-refractivity contribution in [3.63, 3.8) is 0 Å². The summed E-state index contributed by atoms with van der Waals surface area (Å²) in [5.41, 5.74) is 0.889. The monoisotopic (exact) mass is 215 g/mol. The molecule has 0 amide bonds. The average molecular weight is 215 g/mol. The predicted octanol–water partition coefficient (Wildman–Crippen LogP) is 1.89. The summed E-state index contributed by atoms with van der Waals surface area (Å²) in [6, 6.07) is 0. The molecule has 3 nitrogen and oxygen atoms in total. The molecule has 1 aliphatic rings. The van der Waals surface area contributed by atoms with Gasteiger partial charge in [0.2, 0.25) is 0 Å². The average Bonchev–Trinajstić information content (AvgIpc) is 2.63. The Labute approximate surface area is 87.5 Å². The van der Waals surface area contributed by atoms with E-state index in [0.29, 0.717) is 13.0 Å². The first-order chi connectivity index (χ1) is 7.08. The molecule has 0 aliphatic carbocycles. The van der Waals surface area contributed by atoms with Gasteiger partial charge in [-0.05, 0) is 13.0 Å². The van der Waals surface area contributed by atoms with E-state index in [1.54, 1.807) is 24.3 Å². The maximum absolute atomic E-state index is 13.4. The largest absolute Gasteiger partial charge is 0.347 e. The number of aromatic nitrogens is 2. The molecule has 0 saturated carbocycles.